The van der Waals surface area contributed by atoms with E-state index in [0.29, 0.717) is 12.1 Å². The third-order valence-electron chi connectivity index (χ3n) is 3.39. The van der Waals surface area contributed by atoms with Gasteiger partial charge in [0.15, 0.2) is 11.6 Å². The number of Topliss-reactive ketones (excluding diaryl/α,β-unsaturated/α-hetero) is 2. The minimum atomic E-state index is -4.73. The second-order valence-electron chi connectivity index (χ2n) is 5.43. The maximum Gasteiger partial charge on any atom is 0.417 e. The van der Waals surface area contributed by atoms with Crippen molar-refractivity contribution in [2.24, 2.45) is 0 Å². The van der Waals surface area contributed by atoms with Crippen molar-refractivity contribution >= 4 is 27.5 Å². The molecule has 2 nitrogen and oxygen atoms in total. The van der Waals surface area contributed by atoms with E-state index in [2.05, 4.69) is 15.9 Å². The van der Waals surface area contributed by atoms with Gasteiger partial charge in [-0.05, 0) is 31.2 Å². The maximum absolute atomic E-state index is 13.1. The van der Waals surface area contributed by atoms with Crippen LogP contribution in [0, 0.1) is 11.6 Å². The summed E-state index contributed by atoms with van der Waals surface area (Å²) in [5, 5.41) is -0.350. The molecule has 0 N–H and O–H groups in total. The first-order valence-electron chi connectivity index (χ1n) is 7.53. The molecule has 0 fully saturated rings. The van der Waals surface area contributed by atoms with Crippen LogP contribution in [0.1, 0.15) is 38.8 Å². The van der Waals surface area contributed by atoms with E-state index in [9.17, 15) is 44.7 Å². The maximum atomic E-state index is 13.1. The Hall–Kier alpha value is -2.30. The van der Waals surface area contributed by atoms with Crippen LogP contribution in [0.15, 0.2) is 36.4 Å². The molecule has 0 bridgehead atoms. The SMILES string of the molecule is CC(=O)c1c(F)cccc1C(F)(F)F.O=C(CBr)c1c(F)cccc1C(F)(F)F. The van der Waals surface area contributed by atoms with Gasteiger partial charge in [-0.15, -0.1) is 0 Å². The Kier molecular flexibility index (Phi) is 8.07. The smallest absolute Gasteiger partial charge is 0.294 e. The van der Waals surface area contributed by atoms with Crippen molar-refractivity contribution in [3.63, 3.8) is 0 Å². The van der Waals surface area contributed by atoms with E-state index >= 15 is 0 Å². The largest absolute Gasteiger partial charge is 0.417 e. The van der Waals surface area contributed by atoms with E-state index in [0.717, 1.165) is 31.2 Å². The summed E-state index contributed by atoms with van der Waals surface area (Å²) >= 11 is 2.70. The summed E-state index contributed by atoms with van der Waals surface area (Å²) in [6.07, 6.45) is -9.43. The molecular weight excluding hydrogens is 480 g/mol. The fourth-order valence-electron chi connectivity index (χ4n) is 2.23. The average Bonchev–Trinajstić information content (AvgIpc) is 2.59. The van der Waals surface area contributed by atoms with Crippen LogP contribution >= 0.6 is 15.9 Å². The number of carbonyl (C=O) groups is 2. The van der Waals surface area contributed by atoms with Crippen LogP contribution in [-0.4, -0.2) is 16.9 Å². The molecule has 0 aliphatic heterocycles. The van der Waals surface area contributed by atoms with Crippen LogP contribution in [0.2, 0.25) is 0 Å². The lowest BCUT2D eigenvalue weighted by molar-refractivity contribution is -0.138. The number of rotatable bonds is 3. The van der Waals surface area contributed by atoms with Gasteiger partial charge in [0.25, 0.3) is 0 Å². The van der Waals surface area contributed by atoms with Crippen LogP contribution in [0.4, 0.5) is 35.1 Å². The summed E-state index contributed by atoms with van der Waals surface area (Å²) in [5.74, 6) is -4.17. The lowest BCUT2D eigenvalue weighted by atomic mass is 10.0. The normalized spacial score (nSPS) is 11.5. The first-order valence-corrected chi connectivity index (χ1v) is 8.65. The summed E-state index contributed by atoms with van der Waals surface area (Å²) in [6, 6.07) is 4.85. The first kappa shape index (κ1) is 24.7. The van der Waals surface area contributed by atoms with E-state index in [1.165, 1.54) is 0 Å². The molecule has 0 heterocycles. The third-order valence-corrected chi connectivity index (χ3v) is 3.90. The molecule has 2 rings (SSSR count). The molecule has 0 aliphatic carbocycles. The Balaban J connectivity index is 0.000000291. The molecule has 0 amide bonds. The van der Waals surface area contributed by atoms with Gasteiger partial charge >= 0.3 is 12.4 Å². The number of hydrogen-bond acceptors (Lipinski definition) is 2. The molecule has 0 unspecified atom stereocenters. The highest BCUT2D eigenvalue weighted by molar-refractivity contribution is 9.09. The summed E-state index contributed by atoms with van der Waals surface area (Å²) in [5.41, 5.74) is -4.29. The summed E-state index contributed by atoms with van der Waals surface area (Å²) < 4.78 is 100.0. The molecule has 0 saturated carbocycles. The van der Waals surface area contributed by atoms with Crippen LogP contribution in [0.25, 0.3) is 0 Å². The Labute approximate surface area is 167 Å². The monoisotopic (exact) mass is 490 g/mol. The van der Waals surface area contributed by atoms with Gasteiger partial charge in [-0.3, -0.25) is 9.59 Å². The Bertz CT molecular complexity index is 904. The molecule has 158 valence electrons. The average molecular weight is 491 g/mol. The van der Waals surface area contributed by atoms with Crippen LogP contribution < -0.4 is 0 Å². The van der Waals surface area contributed by atoms with Gasteiger partial charge in [0.2, 0.25) is 0 Å². The summed E-state index contributed by atoms with van der Waals surface area (Å²) in [4.78, 5) is 21.9. The second-order valence-corrected chi connectivity index (χ2v) is 5.99. The van der Waals surface area contributed by atoms with Crippen LogP contribution in [0.5, 0.6) is 0 Å². The molecule has 0 aliphatic rings. The van der Waals surface area contributed by atoms with Gasteiger partial charge in [0.05, 0.1) is 27.6 Å². The number of benzene rings is 2. The zero-order chi connectivity index (χ0) is 22.6. The van der Waals surface area contributed by atoms with E-state index in [4.69, 9.17) is 0 Å². The number of hydrogen-bond donors (Lipinski definition) is 0. The highest BCUT2D eigenvalue weighted by atomic mass is 79.9. The van der Waals surface area contributed by atoms with Gasteiger partial charge < -0.3 is 0 Å². The zero-order valence-electron chi connectivity index (χ0n) is 14.4. The molecule has 0 aromatic heterocycles. The van der Waals surface area contributed by atoms with E-state index in [1.54, 1.807) is 0 Å². The van der Waals surface area contributed by atoms with Crippen molar-refractivity contribution in [3.05, 3.63) is 70.3 Å². The third kappa shape index (κ3) is 6.34. The number of ketones is 2. The van der Waals surface area contributed by atoms with Gasteiger partial charge in [0, 0.05) is 0 Å². The molecule has 2 aromatic carbocycles. The highest BCUT2D eigenvalue weighted by Gasteiger charge is 2.36. The van der Waals surface area contributed by atoms with Crippen molar-refractivity contribution in [2.45, 2.75) is 19.3 Å². The van der Waals surface area contributed by atoms with E-state index in [-0.39, 0.29) is 5.33 Å². The quantitative estimate of drug-likeness (QED) is 0.280. The number of halogens is 9. The number of carbonyl (C=O) groups excluding carboxylic acids is 2. The van der Waals surface area contributed by atoms with Crippen LogP contribution in [-0.2, 0) is 12.4 Å². The predicted octanol–water partition coefficient (Wildman–Crippen LogP) is 6.47. The van der Waals surface area contributed by atoms with Crippen LogP contribution in [0.3, 0.4) is 0 Å². The Morgan fingerprint density at radius 3 is 1.48 bits per heavy atom. The van der Waals surface area contributed by atoms with Gasteiger partial charge in [-0.25, -0.2) is 8.78 Å². The Morgan fingerprint density at radius 1 is 0.793 bits per heavy atom. The number of alkyl halides is 7. The van der Waals surface area contributed by atoms with Gasteiger partial charge in [-0.1, -0.05) is 28.1 Å². The van der Waals surface area contributed by atoms with Crippen molar-refractivity contribution in [1.82, 2.24) is 0 Å². The summed E-state index contributed by atoms with van der Waals surface area (Å²) in [6.45, 7) is 0.896. The molecule has 0 spiro atoms. The fraction of sp³-hybridized carbons (Fsp3) is 0.222. The zero-order valence-corrected chi connectivity index (χ0v) is 16.0. The molecule has 0 radical (unpaired) electrons. The van der Waals surface area contributed by atoms with Crippen molar-refractivity contribution in [1.29, 1.82) is 0 Å². The predicted molar refractivity (Wildman–Crippen MR) is 90.9 cm³/mol. The van der Waals surface area contributed by atoms with E-state index in [1.807, 2.05) is 0 Å². The molecular formula is C18H11BrF8O2. The van der Waals surface area contributed by atoms with Gasteiger partial charge in [0.1, 0.15) is 11.6 Å². The fourth-order valence-corrected chi connectivity index (χ4v) is 2.51. The topological polar surface area (TPSA) is 34.1 Å². The highest BCUT2D eigenvalue weighted by Crippen LogP contribution is 2.34. The van der Waals surface area contributed by atoms with Gasteiger partial charge in [-0.2, -0.15) is 26.3 Å². The van der Waals surface area contributed by atoms with Crippen molar-refractivity contribution in [2.75, 3.05) is 5.33 Å². The minimum absolute atomic E-state index is 0.350. The van der Waals surface area contributed by atoms with E-state index < -0.39 is 57.8 Å². The van der Waals surface area contributed by atoms with Crippen molar-refractivity contribution < 1.29 is 44.7 Å². The molecule has 11 heteroatoms. The first-order chi connectivity index (χ1) is 13.2. The Morgan fingerprint density at radius 2 is 1.17 bits per heavy atom. The second kappa shape index (κ2) is 9.47. The molecule has 2 aromatic rings. The molecule has 0 atom stereocenters. The molecule has 29 heavy (non-hydrogen) atoms. The minimum Gasteiger partial charge on any atom is -0.294 e. The lowest BCUT2D eigenvalue weighted by Crippen LogP contribution is -2.15. The standard InChI is InChI=1S/C9H5BrF4O.C9H6F4O/c10-4-7(15)8-5(9(12,13)14)2-1-3-6(8)11;1-5(14)8-6(9(11,12)13)3-2-4-7(8)10/h1-3H,4H2;2-4H,1H3. The summed E-state index contributed by atoms with van der Waals surface area (Å²) in [7, 11) is 0. The van der Waals surface area contributed by atoms with Crippen molar-refractivity contribution in [3.8, 4) is 0 Å². The lowest BCUT2D eigenvalue weighted by Gasteiger charge is -2.11. The molecule has 0 saturated heterocycles.